The first-order valence-electron chi connectivity index (χ1n) is 9.79. The molecule has 29 heavy (non-hydrogen) atoms. The number of hydrogen-bond donors (Lipinski definition) is 1. The Kier molecular flexibility index (Phi) is 5.88. The standard InChI is InChI=1S/C19H27BF3NO4S/c1-17(2)18(3,4)28-20(27-17)16-10-9-14(11-15(16)19(21,22)23)29(25,26)24-12-13-7-5-6-8-13/h9-11,13,24H,5-8,12H2,1-4H3. The number of sulfonamides is 1. The van der Waals surface area contributed by atoms with Crippen LogP contribution in [-0.2, 0) is 25.5 Å². The molecule has 1 aliphatic carbocycles. The van der Waals surface area contributed by atoms with Gasteiger partial charge >= 0.3 is 13.3 Å². The van der Waals surface area contributed by atoms with E-state index in [1.54, 1.807) is 27.7 Å². The monoisotopic (exact) mass is 433 g/mol. The highest BCUT2D eigenvalue weighted by atomic mass is 32.2. The van der Waals surface area contributed by atoms with Crippen molar-refractivity contribution in [2.45, 2.75) is 75.7 Å². The van der Waals surface area contributed by atoms with Crippen LogP contribution in [0.2, 0.25) is 0 Å². The summed E-state index contributed by atoms with van der Waals surface area (Å²) in [4.78, 5) is -0.414. The predicted octanol–water partition coefficient (Wildman–Crippen LogP) is 3.47. The zero-order valence-electron chi connectivity index (χ0n) is 17.1. The Hall–Kier alpha value is -1.10. The Bertz CT molecular complexity index is 849. The van der Waals surface area contributed by atoms with E-state index in [1.807, 2.05) is 0 Å². The summed E-state index contributed by atoms with van der Waals surface area (Å²) >= 11 is 0. The van der Waals surface area contributed by atoms with Crippen molar-refractivity contribution >= 4 is 22.6 Å². The van der Waals surface area contributed by atoms with Crippen molar-refractivity contribution in [2.24, 2.45) is 5.92 Å². The minimum atomic E-state index is -4.75. The van der Waals surface area contributed by atoms with Crippen LogP contribution in [0.3, 0.4) is 0 Å². The Morgan fingerprint density at radius 3 is 2.17 bits per heavy atom. The second-order valence-corrected chi connectivity index (χ2v) is 10.6. The molecule has 0 bridgehead atoms. The fourth-order valence-electron chi connectivity index (χ4n) is 3.65. The molecular formula is C19H27BF3NO4S. The highest BCUT2D eigenvalue weighted by molar-refractivity contribution is 7.89. The molecule has 2 fully saturated rings. The van der Waals surface area contributed by atoms with Crippen molar-refractivity contribution < 1.29 is 30.9 Å². The first-order chi connectivity index (χ1) is 13.2. The molecule has 1 N–H and O–H groups in total. The largest absolute Gasteiger partial charge is 0.495 e. The number of alkyl halides is 3. The lowest BCUT2D eigenvalue weighted by Crippen LogP contribution is -2.41. The molecule has 162 valence electrons. The highest BCUT2D eigenvalue weighted by Crippen LogP contribution is 2.38. The summed E-state index contributed by atoms with van der Waals surface area (Å²) in [7, 11) is -5.28. The van der Waals surface area contributed by atoms with E-state index in [2.05, 4.69) is 4.72 Å². The van der Waals surface area contributed by atoms with E-state index < -0.39 is 45.0 Å². The third-order valence-electron chi connectivity index (χ3n) is 6.18. The minimum absolute atomic E-state index is 0.231. The van der Waals surface area contributed by atoms with Crippen LogP contribution in [-0.4, -0.2) is 33.3 Å². The molecule has 0 amide bonds. The van der Waals surface area contributed by atoms with E-state index in [0.29, 0.717) is 6.07 Å². The molecule has 0 spiro atoms. The molecule has 0 unspecified atom stereocenters. The topological polar surface area (TPSA) is 64.6 Å². The average molecular weight is 433 g/mol. The van der Waals surface area contributed by atoms with E-state index in [4.69, 9.17) is 9.31 Å². The summed E-state index contributed by atoms with van der Waals surface area (Å²) in [5.41, 5.74) is -2.92. The van der Waals surface area contributed by atoms with Gasteiger partial charge in [0.15, 0.2) is 0 Å². The summed E-state index contributed by atoms with van der Waals surface area (Å²) in [5, 5.41) is 0. The normalized spacial score (nSPS) is 22.4. The van der Waals surface area contributed by atoms with Crippen molar-refractivity contribution in [1.29, 1.82) is 0 Å². The zero-order chi connectivity index (χ0) is 21.7. The molecule has 1 saturated heterocycles. The molecule has 5 nitrogen and oxygen atoms in total. The summed E-state index contributed by atoms with van der Waals surface area (Å²) in [5.74, 6) is 0.232. The van der Waals surface area contributed by atoms with Crippen molar-refractivity contribution in [3.05, 3.63) is 23.8 Å². The molecule has 3 rings (SSSR count). The van der Waals surface area contributed by atoms with Gasteiger partial charge in [-0.15, -0.1) is 0 Å². The van der Waals surface area contributed by atoms with Crippen molar-refractivity contribution in [3.63, 3.8) is 0 Å². The Morgan fingerprint density at radius 2 is 1.66 bits per heavy atom. The van der Waals surface area contributed by atoms with Crippen LogP contribution in [0.15, 0.2) is 23.1 Å². The third kappa shape index (κ3) is 4.65. The Balaban J connectivity index is 1.91. The predicted molar refractivity (Wildman–Crippen MR) is 104 cm³/mol. The van der Waals surface area contributed by atoms with Gasteiger partial charge in [0.05, 0.1) is 21.7 Å². The van der Waals surface area contributed by atoms with E-state index in [1.165, 1.54) is 6.07 Å². The van der Waals surface area contributed by atoms with Gasteiger partial charge in [0.2, 0.25) is 10.0 Å². The fraction of sp³-hybridized carbons (Fsp3) is 0.684. The van der Waals surface area contributed by atoms with Gasteiger partial charge in [0.1, 0.15) is 0 Å². The Morgan fingerprint density at radius 1 is 1.10 bits per heavy atom. The smallest absolute Gasteiger partial charge is 0.399 e. The van der Waals surface area contributed by atoms with E-state index >= 15 is 0 Å². The van der Waals surface area contributed by atoms with Gasteiger partial charge in [-0.1, -0.05) is 18.9 Å². The second-order valence-electron chi connectivity index (χ2n) is 8.84. The zero-order valence-corrected chi connectivity index (χ0v) is 17.9. The molecule has 0 aromatic heterocycles. The number of halogens is 3. The molecular weight excluding hydrogens is 406 g/mol. The molecule has 0 atom stereocenters. The number of benzene rings is 1. The van der Waals surface area contributed by atoms with Crippen LogP contribution in [0.4, 0.5) is 13.2 Å². The van der Waals surface area contributed by atoms with E-state index in [0.717, 1.165) is 31.7 Å². The van der Waals surface area contributed by atoms with Gasteiger partial charge < -0.3 is 9.31 Å². The molecule has 1 aromatic carbocycles. The highest BCUT2D eigenvalue weighted by Gasteiger charge is 2.53. The summed E-state index contributed by atoms with van der Waals surface area (Å²) in [6.45, 7) is 7.21. The lowest BCUT2D eigenvalue weighted by atomic mass is 9.76. The number of hydrogen-bond acceptors (Lipinski definition) is 4. The lowest BCUT2D eigenvalue weighted by molar-refractivity contribution is -0.137. The first-order valence-corrected chi connectivity index (χ1v) is 11.3. The molecule has 1 heterocycles. The lowest BCUT2D eigenvalue weighted by Gasteiger charge is -2.32. The molecule has 0 radical (unpaired) electrons. The summed E-state index contributed by atoms with van der Waals surface area (Å²) in [6.07, 6.45) is -0.801. The molecule has 2 aliphatic rings. The molecule has 1 aliphatic heterocycles. The van der Waals surface area contributed by atoms with Crippen LogP contribution < -0.4 is 10.2 Å². The van der Waals surface area contributed by atoms with Crippen LogP contribution >= 0.6 is 0 Å². The van der Waals surface area contributed by atoms with Crippen molar-refractivity contribution in [2.75, 3.05) is 6.54 Å². The second kappa shape index (κ2) is 7.55. The minimum Gasteiger partial charge on any atom is -0.399 e. The SMILES string of the molecule is CC1(C)OB(c2ccc(S(=O)(=O)NCC3CCCC3)cc2C(F)(F)F)OC1(C)C. The van der Waals surface area contributed by atoms with Gasteiger partial charge in [-0.25, -0.2) is 13.1 Å². The number of nitrogens with one attached hydrogen (secondary N) is 1. The van der Waals surface area contributed by atoms with E-state index in [9.17, 15) is 21.6 Å². The summed E-state index contributed by atoms with van der Waals surface area (Å²) in [6, 6.07) is 2.97. The van der Waals surface area contributed by atoms with E-state index in [-0.39, 0.29) is 17.9 Å². The Labute approximate surface area is 170 Å². The van der Waals surface area contributed by atoms with Crippen molar-refractivity contribution in [3.8, 4) is 0 Å². The third-order valence-corrected chi connectivity index (χ3v) is 7.61. The maximum absolute atomic E-state index is 13.8. The first kappa shape index (κ1) is 22.6. The maximum Gasteiger partial charge on any atom is 0.495 e. The average Bonchev–Trinajstić information content (AvgIpc) is 3.18. The fourth-order valence-corrected chi connectivity index (χ4v) is 4.79. The molecule has 10 heteroatoms. The van der Waals surface area contributed by atoms with Crippen LogP contribution in [0.5, 0.6) is 0 Å². The molecule has 1 aromatic rings. The van der Waals surface area contributed by atoms with Crippen molar-refractivity contribution in [1.82, 2.24) is 4.72 Å². The van der Waals surface area contributed by atoms with Gasteiger partial charge in [-0.05, 0) is 64.1 Å². The van der Waals surface area contributed by atoms with Gasteiger partial charge in [-0.2, -0.15) is 13.2 Å². The van der Waals surface area contributed by atoms with Crippen LogP contribution in [0.1, 0.15) is 58.9 Å². The van der Waals surface area contributed by atoms with Gasteiger partial charge in [0, 0.05) is 6.54 Å². The summed E-state index contributed by atoms with van der Waals surface area (Å²) < 4.78 is 80.3. The van der Waals surface area contributed by atoms with Gasteiger partial charge in [-0.3, -0.25) is 0 Å². The maximum atomic E-state index is 13.8. The number of rotatable bonds is 5. The quantitative estimate of drug-likeness (QED) is 0.723. The van der Waals surface area contributed by atoms with Crippen LogP contribution in [0.25, 0.3) is 0 Å². The van der Waals surface area contributed by atoms with Gasteiger partial charge in [0.25, 0.3) is 0 Å². The van der Waals surface area contributed by atoms with Crippen LogP contribution in [0, 0.1) is 5.92 Å². The molecule has 1 saturated carbocycles.